The van der Waals surface area contributed by atoms with Crippen LogP contribution in [0.4, 0.5) is 4.53 Å². The third-order valence-electron chi connectivity index (χ3n) is 4.47. The molecule has 0 aromatic rings. The highest BCUT2D eigenvalue weighted by Crippen LogP contribution is 2.35. The highest BCUT2D eigenvalue weighted by molar-refractivity contribution is 7.46. The van der Waals surface area contributed by atoms with Gasteiger partial charge in [0.05, 0.1) is 12.7 Å². The smallest absolute Gasteiger partial charge is 0.376 e. The monoisotopic (exact) mass is 416 g/mol. The molecule has 0 aromatic heterocycles. The van der Waals surface area contributed by atoms with Gasteiger partial charge in [0, 0.05) is 13.1 Å². The summed E-state index contributed by atoms with van der Waals surface area (Å²) < 4.78 is 27.2. The number of unbranched alkanes of at least 4 members (excludes halogenated alkanes) is 11. The molecule has 0 aliphatic carbocycles. The van der Waals surface area contributed by atoms with E-state index in [-0.39, 0.29) is 6.15 Å². The molecule has 27 heavy (non-hydrogen) atoms. The lowest BCUT2D eigenvalue weighted by molar-refractivity contribution is -0.0389. The fourth-order valence-corrected chi connectivity index (χ4v) is 3.02. The number of halogens is 1. The molecule has 0 bridgehead atoms. The molecular weight excluding hydrogens is 374 g/mol. The molecule has 0 saturated carbocycles. The van der Waals surface area contributed by atoms with Gasteiger partial charge in [0.15, 0.2) is 0 Å². The normalized spacial score (nSPS) is 17.0. The molecule has 1 aliphatic heterocycles. The van der Waals surface area contributed by atoms with Crippen LogP contribution in [0.25, 0.3) is 0 Å². The van der Waals surface area contributed by atoms with Gasteiger partial charge in [-0.1, -0.05) is 88.7 Å². The minimum absolute atomic E-state index is 0. The molecule has 1 unspecified atom stereocenters. The quantitative estimate of drug-likeness (QED) is 0.226. The Morgan fingerprint density at radius 1 is 1.00 bits per heavy atom. The summed E-state index contributed by atoms with van der Waals surface area (Å²) >= 11 is 0. The van der Waals surface area contributed by atoms with E-state index in [0.29, 0.717) is 6.10 Å². The van der Waals surface area contributed by atoms with Gasteiger partial charge in [0.1, 0.15) is 0 Å². The van der Waals surface area contributed by atoms with Gasteiger partial charge in [-0.05, 0) is 10.9 Å². The first-order valence-corrected chi connectivity index (χ1v) is 11.7. The molecule has 0 amide bonds. The van der Waals surface area contributed by atoms with Crippen molar-refractivity contribution in [3.63, 3.8) is 0 Å². The fourth-order valence-electron chi connectivity index (χ4n) is 3.02. The Kier molecular flexibility index (Phi) is 22.3. The van der Waals surface area contributed by atoms with Crippen LogP contribution in [0.1, 0.15) is 90.4 Å². The number of morpholine rings is 1. The molecule has 1 aliphatic rings. The number of rotatable bonds is 14. The summed E-state index contributed by atoms with van der Waals surface area (Å²) in [5.74, 6) is 0. The molecule has 0 spiro atoms. The van der Waals surface area contributed by atoms with Gasteiger partial charge in [-0.15, -0.1) is 0 Å². The van der Waals surface area contributed by atoms with E-state index in [1.54, 1.807) is 0 Å². The zero-order valence-electron chi connectivity index (χ0n) is 17.0. The second-order valence-corrected chi connectivity index (χ2v) is 8.05. The molecule has 7 nitrogen and oxygen atoms in total. The lowest BCUT2D eigenvalue weighted by Crippen LogP contribution is -2.38. The zero-order valence-corrected chi connectivity index (χ0v) is 17.9. The highest BCUT2D eigenvalue weighted by Gasteiger charge is 2.12. The minimum Gasteiger partial charge on any atom is -0.376 e. The Morgan fingerprint density at radius 3 is 1.81 bits per heavy atom. The number of phosphoric acid groups is 1. The second kappa shape index (κ2) is 20.6. The number of ether oxygens (including phenoxy) is 1. The van der Waals surface area contributed by atoms with Gasteiger partial charge in [0.2, 0.25) is 0 Å². The summed E-state index contributed by atoms with van der Waals surface area (Å²) in [6, 6.07) is 0. The van der Waals surface area contributed by atoms with Crippen LogP contribution in [-0.2, 0) is 14.0 Å². The van der Waals surface area contributed by atoms with Gasteiger partial charge in [-0.3, -0.25) is 0 Å². The van der Waals surface area contributed by atoms with Crippen LogP contribution >= 0.6 is 7.82 Å². The summed E-state index contributed by atoms with van der Waals surface area (Å²) in [6.45, 7) is 5.30. The standard InChI is InChI=1S/C18H37NO.FH2O4P.H3N/c1-2-3-4-5-6-7-8-9-10-11-12-13-14-18-17-19-15-16-20-18;1-5-6(2,3)4;/h18-19H,2-17H2,1H3;(H2,2,3,4);1H3. The molecule has 1 heterocycles. The first-order chi connectivity index (χ1) is 12.5. The van der Waals surface area contributed by atoms with Crippen molar-refractivity contribution in [2.45, 2.75) is 96.5 Å². The average Bonchev–Trinajstić information content (AvgIpc) is 2.63. The van der Waals surface area contributed by atoms with Crippen molar-refractivity contribution >= 4 is 7.82 Å². The van der Waals surface area contributed by atoms with Crippen molar-refractivity contribution in [2.75, 3.05) is 19.7 Å². The van der Waals surface area contributed by atoms with Gasteiger partial charge >= 0.3 is 7.82 Å². The predicted octanol–water partition coefficient (Wildman–Crippen LogP) is 5.21. The van der Waals surface area contributed by atoms with Gasteiger partial charge in [-0.2, -0.15) is 0 Å². The summed E-state index contributed by atoms with van der Waals surface area (Å²) in [6.07, 6.45) is 18.9. The molecule has 0 radical (unpaired) electrons. The van der Waals surface area contributed by atoms with Crippen molar-refractivity contribution in [1.82, 2.24) is 11.5 Å². The lowest BCUT2D eigenvalue weighted by atomic mass is 10.0. The molecular formula is C18H42FN2O5P. The first-order valence-electron chi connectivity index (χ1n) is 10.2. The molecule has 0 aromatic carbocycles. The fraction of sp³-hybridized carbons (Fsp3) is 1.00. The average molecular weight is 417 g/mol. The molecule has 1 saturated heterocycles. The van der Waals surface area contributed by atoms with E-state index in [1.807, 2.05) is 0 Å². The van der Waals surface area contributed by atoms with Crippen molar-refractivity contribution in [3.8, 4) is 0 Å². The van der Waals surface area contributed by atoms with Crippen molar-refractivity contribution < 1.29 is 28.3 Å². The Hall–Kier alpha value is -0.0800. The Balaban J connectivity index is 0. The molecule has 1 atom stereocenters. The number of hydrogen-bond donors (Lipinski definition) is 4. The molecule has 6 N–H and O–H groups in total. The van der Waals surface area contributed by atoms with Gasteiger partial charge in [0.25, 0.3) is 0 Å². The van der Waals surface area contributed by atoms with E-state index < -0.39 is 7.82 Å². The van der Waals surface area contributed by atoms with E-state index in [9.17, 15) is 4.53 Å². The summed E-state index contributed by atoms with van der Waals surface area (Å²) in [7, 11) is -4.81. The predicted molar refractivity (Wildman–Crippen MR) is 108 cm³/mol. The highest BCUT2D eigenvalue weighted by atomic mass is 31.2. The molecule has 9 heteroatoms. The van der Waals surface area contributed by atoms with E-state index in [4.69, 9.17) is 19.1 Å². The Bertz CT molecular complexity index is 342. The van der Waals surface area contributed by atoms with E-state index >= 15 is 0 Å². The van der Waals surface area contributed by atoms with Crippen molar-refractivity contribution in [1.29, 1.82) is 0 Å². The molecule has 1 fully saturated rings. The van der Waals surface area contributed by atoms with Crippen LogP contribution in [0.15, 0.2) is 0 Å². The Morgan fingerprint density at radius 2 is 1.44 bits per heavy atom. The van der Waals surface area contributed by atoms with Crippen LogP contribution in [0.2, 0.25) is 0 Å². The maximum atomic E-state index is 10.2. The van der Waals surface area contributed by atoms with Crippen LogP contribution in [0.3, 0.4) is 0 Å². The number of nitrogens with one attached hydrogen (secondary N) is 1. The summed E-state index contributed by atoms with van der Waals surface area (Å²) in [5, 5.41) is 3.40. The summed E-state index contributed by atoms with van der Waals surface area (Å²) in [4.78, 5) is 14.7. The maximum Gasteiger partial charge on any atom is 0.500 e. The van der Waals surface area contributed by atoms with Crippen LogP contribution < -0.4 is 11.5 Å². The minimum atomic E-state index is -4.81. The van der Waals surface area contributed by atoms with Gasteiger partial charge in [-0.25, -0.2) is 4.57 Å². The third-order valence-corrected chi connectivity index (χ3v) is 4.65. The SMILES string of the molecule is CCCCCCCCCCCCCCC1CNCCO1.N.O=P(O)(O)OF. The van der Waals surface area contributed by atoms with E-state index in [2.05, 4.69) is 17.0 Å². The van der Waals surface area contributed by atoms with Crippen LogP contribution in [0.5, 0.6) is 0 Å². The van der Waals surface area contributed by atoms with Crippen LogP contribution in [-0.4, -0.2) is 35.6 Å². The van der Waals surface area contributed by atoms with E-state index in [1.165, 1.54) is 83.5 Å². The first kappa shape index (κ1) is 29.1. The molecule has 166 valence electrons. The van der Waals surface area contributed by atoms with Gasteiger partial charge < -0.3 is 26.0 Å². The third kappa shape index (κ3) is 23.9. The largest absolute Gasteiger partial charge is 0.500 e. The number of hydrogen-bond acceptors (Lipinski definition) is 5. The van der Waals surface area contributed by atoms with E-state index in [0.717, 1.165) is 19.7 Å². The lowest BCUT2D eigenvalue weighted by Gasteiger charge is -2.23. The second-order valence-electron chi connectivity index (χ2n) is 6.93. The topological polar surface area (TPSA) is 123 Å². The molecule has 1 rings (SSSR count). The summed E-state index contributed by atoms with van der Waals surface area (Å²) in [5.41, 5.74) is 0. The Labute approximate surface area is 164 Å². The van der Waals surface area contributed by atoms with Crippen LogP contribution in [0, 0.1) is 0 Å². The maximum absolute atomic E-state index is 10.2. The zero-order chi connectivity index (χ0) is 19.5. The van der Waals surface area contributed by atoms with Crippen molar-refractivity contribution in [3.05, 3.63) is 0 Å². The van der Waals surface area contributed by atoms with Crippen molar-refractivity contribution in [2.24, 2.45) is 0 Å².